The van der Waals surface area contributed by atoms with Crippen LogP contribution < -0.4 is 11.1 Å². The van der Waals surface area contributed by atoms with E-state index in [2.05, 4.69) is 15.3 Å². The first-order valence-corrected chi connectivity index (χ1v) is 7.03. The predicted octanol–water partition coefficient (Wildman–Crippen LogP) is 2.05. The summed E-state index contributed by atoms with van der Waals surface area (Å²) in [6.07, 6.45) is 2.84. The summed E-state index contributed by atoms with van der Waals surface area (Å²) in [4.78, 5) is 8.37. The van der Waals surface area contributed by atoms with E-state index < -0.39 is 11.6 Å². The van der Waals surface area contributed by atoms with E-state index in [-0.39, 0.29) is 0 Å². The van der Waals surface area contributed by atoms with Gasteiger partial charge in [-0.05, 0) is 30.2 Å². The van der Waals surface area contributed by atoms with Crippen LogP contribution in [0.1, 0.15) is 11.3 Å². The van der Waals surface area contributed by atoms with Crippen LogP contribution in [-0.2, 0) is 12.8 Å². The highest BCUT2D eigenvalue weighted by atomic mass is 19.1. The molecular weight excluding hydrogens is 286 g/mol. The molecule has 0 atom stereocenters. The molecule has 0 aliphatic heterocycles. The lowest BCUT2D eigenvalue weighted by molar-refractivity contribution is 0.571. The van der Waals surface area contributed by atoms with Crippen LogP contribution in [0.4, 0.5) is 8.78 Å². The fraction of sp³-hybridized carbons (Fsp3) is 0.250. The molecule has 1 heterocycles. The third-order valence-electron chi connectivity index (χ3n) is 3.09. The summed E-state index contributed by atoms with van der Waals surface area (Å²) in [5, 5.41) is 2.91. The minimum absolute atomic E-state index is 0.304. The van der Waals surface area contributed by atoms with Crippen molar-refractivity contribution in [1.82, 2.24) is 10.3 Å². The Kier molecular flexibility index (Phi) is 5.82. The fourth-order valence-corrected chi connectivity index (χ4v) is 1.94. The fourth-order valence-electron chi connectivity index (χ4n) is 1.94. The summed E-state index contributed by atoms with van der Waals surface area (Å²) in [6, 6.07) is 9.25. The highest BCUT2D eigenvalue weighted by molar-refractivity contribution is 5.77. The first-order chi connectivity index (χ1) is 10.6. The number of guanidine groups is 1. The zero-order chi connectivity index (χ0) is 15.8. The van der Waals surface area contributed by atoms with Gasteiger partial charge < -0.3 is 11.1 Å². The summed E-state index contributed by atoms with van der Waals surface area (Å²) < 4.78 is 26.2. The van der Waals surface area contributed by atoms with Gasteiger partial charge in [-0.15, -0.1) is 0 Å². The Labute approximate surface area is 128 Å². The van der Waals surface area contributed by atoms with Gasteiger partial charge in [0.05, 0.1) is 0 Å². The Morgan fingerprint density at radius 1 is 1.18 bits per heavy atom. The average Bonchev–Trinajstić information content (AvgIpc) is 2.50. The van der Waals surface area contributed by atoms with Gasteiger partial charge in [0.15, 0.2) is 5.96 Å². The number of nitrogens with zero attached hydrogens (tertiary/aromatic N) is 2. The molecule has 4 nitrogen and oxygen atoms in total. The van der Waals surface area contributed by atoms with Crippen molar-refractivity contribution in [3.05, 3.63) is 65.5 Å². The van der Waals surface area contributed by atoms with E-state index in [0.29, 0.717) is 37.5 Å². The lowest BCUT2D eigenvalue weighted by Gasteiger charge is -2.06. The number of hydrogen-bond donors (Lipinski definition) is 2. The number of rotatable bonds is 6. The highest BCUT2D eigenvalue weighted by Gasteiger charge is 2.03. The first kappa shape index (κ1) is 15.9. The number of hydrogen-bond acceptors (Lipinski definition) is 2. The maximum absolute atomic E-state index is 13.4. The second kappa shape index (κ2) is 8.07. The van der Waals surface area contributed by atoms with E-state index in [0.717, 1.165) is 11.8 Å². The number of halogens is 2. The molecule has 0 aliphatic carbocycles. The van der Waals surface area contributed by atoms with Crippen LogP contribution in [0.5, 0.6) is 0 Å². The molecule has 2 aromatic rings. The van der Waals surface area contributed by atoms with Crippen molar-refractivity contribution in [3.63, 3.8) is 0 Å². The molecule has 6 heteroatoms. The SMILES string of the molecule is NC(=NCCc1ccccn1)NCCc1ccc(F)cc1F. The molecule has 0 amide bonds. The third-order valence-corrected chi connectivity index (χ3v) is 3.09. The van der Waals surface area contributed by atoms with E-state index in [1.807, 2.05) is 18.2 Å². The van der Waals surface area contributed by atoms with Gasteiger partial charge in [0, 0.05) is 37.5 Å². The van der Waals surface area contributed by atoms with E-state index >= 15 is 0 Å². The molecule has 0 saturated heterocycles. The van der Waals surface area contributed by atoms with Crippen molar-refractivity contribution in [3.8, 4) is 0 Å². The maximum Gasteiger partial charge on any atom is 0.188 e. The standard InChI is InChI=1S/C16H18F2N4/c17-13-5-4-12(15(18)11-13)6-9-21-16(19)22-10-7-14-3-1-2-8-20-14/h1-5,8,11H,6-7,9-10H2,(H3,19,21,22). The van der Waals surface area contributed by atoms with Crippen LogP contribution in [0.3, 0.4) is 0 Å². The molecule has 0 aliphatic rings. The molecule has 0 bridgehead atoms. The van der Waals surface area contributed by atoms with E-state index in [1.54, 1.807) is 6.20 Å². The summed E-state index contributed by atoms with van der Waals surface area (Å²) in [7, 11) is 0. The summed E-state index contributed by atoms with van der Waals surface area (Å²) >= 11 is 0. The van der Waals surface area contributed by atoms with Crippen molar-refractivity contribution >= 4 is 5.96 Å². The summed E-state index contributed by atoms with van der Waals surface area (Å²) in [5.74, 6) is -0.823. The van der Waals surface area contributed by atoms with Gasteiger partial charge in [0.2, 0.25) is 0 Å². The molecule has 0 saturated carbocycles. The lowest BCUT2D eigenvalue weighted by Crippen LogP contribution is -2.33. The predicted molar refractivity (Wildman–Crippen MR) is 82.5 cm³/mol. The number of aliphatic imine (C=N–C) groups is 1. The highest BCUT2D eigenvalue weighted by Crippen LogP contribution is 2.09. The van der Waals surface area contributed by atoms with Gasteiger partial charge in [-0.1, -0.05) is 12.1 Å². The monoisotopic (exact) mass is 304 g/mol. The molecule has 0 radical (unpaired) electrons. The summed E-state index contributed by atoms with van der Waals surface area (Å²) in [5.41, 5.74) is 7.12. The minimum atomic E-state index is -0.579. The van der Waals surface area contributed by atoms with Gasteiger partial charge in [-0.25, -0.2) is 8.78 Å². The Hall–Kier alpha value is -2.50. The van der Waals surface area contributed by atoms with Gasteiger partial charge >= 0.3 is 0 Å². The van der Waals surface area contributed by atoms with Crippen molar-refractivity contribution < 1.29 is 8.78 Å². The molecule has 1 aromatic heterocycles. The van der Waals surface area contributed by atoms with Gasteiger partial charge in [0.1, 0.15) is 11.6 Å². The number of aromatic nitrogens is 1. The number of nitrogens with two attached hydrogens (primary N) is 1. The number of benzene rings is 1. The Morgan fingerprint density at radius 3 is 2.77 bits per heavy atom. The zero-order valence-corrected chi connectivity index (χ0v) is 12.1. The van der Waals surface area contributed by atoms with Crippen LogP contribution in [0.15, 0.2) is 47.6 Å². The molecule has 0 fully saturated rings. The molecule has 3 N–H and O–H groups in total. The quantitative estimate of drug-likeness (QED) is 0.634. The van der Waals surface area contributed by atoms with E-state index in [1.165, 1.54) is 12.1 Å². The van der Waals surface area contributed by atoms with Crippen LogP contribution in [0.25, 0.3) is 0 Å². The second-order valence-corrected chi connectivity index (χ2v) is 4.75. The molecule has 2 rings (SSSR count). The Balaban J connectivity index is 1.73. The molecule has 1 aromatic carbocycles. The van der Waals surface area contributed by atoms with Crippen LogP contribution in [0.2, 0.25) is 0 Å². The van der Waals surface area contributed by atoms with Crippen molar-refractivity contribution in [2.45, 2.75) is 12.8 Å². The van der Waals surface area contributed by atoms with Gasteiger partial charge in [-0.2, -0.15) is 0 Å². The zero-order valence-electron chi connectivity index (χ0n) is 12.1. The molecule has 0 spiro atoms. The van der Waals surface area contributed by atoms with E-state index in [9.17, 15) is 8.78 Å². The average molecular weight is 304 g/mol. The van der Waals surface area contributed by atoms with Gasteiger partial charge in [-0.3, -0.25) is 9.98 Å². The third kappa shape index (κ3) is 5.12. The van der Waals surface area contributed by atoms with E-state index in [4.69, 9.17) is 5.73 Å². The largest absolute Gasteiger partial charge is 0.370 e. The lowest BCUT2D eigenvalue weighted by atomic mass is 10.1. The maximum atomic E-state index is 13.4. The second-order valence-electron chi connectivity index (χ2n) is 4.75. The minimum Gasteiger partial charge on any atom is -0.370 e. The van der Waals surface area contributed by atoms with Crippen molar-refractivity contribution in [1.29, 1.82) is 0 Å². The molecule has 0 unspecified atom stereocenters. The molecule has 22 heavy (non-hydrogen) atoms. The van der Waals surface area contributed by atoms with Crippen LogP contribution in [-0.4, -0.2) is 24.0 Å². The number of pyridine rings is 1. The summed E-state index contributed by atoms with van der Waals surface area (Å²) in [6.45, 7) is 0.961. The smallest absolute Gasteiger partial charge is 0.188 e. The van der Waals surface area contributed by atoms with Crippen molar-refractivity contribution in [2.24, 2.45) is 10.7 Å². The normalized spacial score (nSPS) is 11.5. The Bertz CT molecular complexity index is 629. The first-order valence-electron chi connectivity index (χ1n) is 7.03. The molecule has 116 valence electrons. The molecular formula is C16H18F2N4. The topological polar surface area (TPSA) is 63.3 Å². The Morgan fingerprint density at radius 2 is 2.05 bits per heavy atom. The van der Waals surface area contributed by atoms with Crippen LogP contribution >= 0.6 is 0 Å². The van der Waals surface area contributed by atoms with Crippen LogP contribution in [0, 0.1) is 11.6 Å². The number of nitrogens with one attached hydrogen (secondary N) is 1. The van der Waals surface area contributed by atoms with Crippen molar-refractivity contribution in [2.75, 3.05) is 13.1 Å². The van der Waals surface area contributed by atoms with Gasteiger partial charge in [0.25, 0.3) is 0 Å².